The number of carbonyl (C=O) groups is 2. The van der Waals surface area contributed by atoms with Crippen LogP contribution in [0.3, 0.4) is 0 Å². The summed E-state index contributed by atoms with van der Waals surface area (Å²) in [6.45, 7) is 5.75. The number of aliphatic hydroxyl groups excluding tert-OH is 1. The van der Waals surface area contributed by atoms with Gasteiger partial charge in [-0.3, -0.25) is 4.79 Å². The number of aliphatic carboxylic acids is 2. The maximum atomic E-state index is 10.3. The Morgan fingerprint density at radius 3 is 1.30 bits per heavy atom. The van der Waals surface area contributed by atoms with Gasteiger partial charge in [-0.2, -0.15) is 0 Å². The topological polar surface area (TPSA) is 97.7 Å². The minimum Gasteiger partial charge on any atom is -0.547 e. The predicted octanol–water partition coefficient (Wildman–Crippen LogP) is 1.31. The second-order valence-corrected chi connectivity index (χ2v) is 7.56. The van der Waals surface area contributed by atoms with Crippen molar-refractivity contribution in [3.8, 4) is 0 Å². The Morgan fingerprint density at radius 1 is 0.741 bits per heavy atom. The van der Waals surface area contributed by atoms with E-state index in [1.54, 1.807) is 0 Å². The van der Waals surface area contributed by atoms with Crippen LogP contribution in [0.2, 0.25) is 0 Å². The molecule has 156 valence electrons. The first-order chi connectivity index (χ1) is 12.3. The monoisotopic (exact) mass is 396 g/mol. The maximum absolute atomic E-state index is 10.3. The number of aliphatic hydroxyl groups is 1. The zero-order chi connectivity index (χ0) is 20.2. The molecule has 0 fully saturated rings. The van der Waals surface area contributed by atoms with Gasteiger partial charge in [-0.05, 0) is 19.3 Å². The van der Waals surface area contributed by atoms with Gasteiger partial charge in [0.05, 0.1) is 12.1 Å². The molecule has 5 nitrogen and oxygen atoms in total. The van der Waals surface area contributed by atoms with Crippen LogP contribution >= 0.6 is 0 Å². The quantitative estimate of drug-likeness (QED) is 0.303. The van der Waals surface area contributed by atoms with Gasteiger partial charge < -0.3 is 20.1 Å². The van der Waals surface area contributed by atoms with Gasteiger partial charge >= 0.3 is 35.5 Å². The molecule has 0 aliphatic rings. The Morgan fingerprint density at radius 2 is 1.04 bits per heavy atom. The number of carbonyl (C=O) groups excluding carboxylic acids is 1. The van der Waals surface area contributed by atoms with Crippen molar-refractivity contribution in [1.29, 1.82) is 0 Å². The SMILES string of the molecule is CC(C)CCCCCCCCCCCCCCC(=O)O.CC(O)C(=O)[O-].[Na+]. The van der Waals surface area contributed by atoms with Gasteiger partial charge in [0.2, 0.25) is 0 Å². The van der Waals surface area contributed by atoms with Crippen molar-refractivity contribution in [2.75, 3.05) is 0 Å². The Hall–Kier alpha value is -0.100. The van der Waals surface area contributed by atoms with E-state index >= 15 is 0 Å². The zero-order valence-corrected chi connectivity index (χ0v) is 20.2. The number of carboxylic acid groups (broad SMARTS) is 2. The van der Waals surface area contributed by atoms with Crippen molar-refractivity contribution >= 4 is 11.9 Å². The van der Waals surface area contributed by atoms with E-state index < -0.39 is 18.0 Å². The first-order valence-corrected chi connectivity index (χ1v) is 10.4. The summed E-state index contributed by atoms with van der Waals surface area (Å²) in [5.41, 5.74) is 0. The van der Waals surface area contributed by atoms with Crippen LogP contribution in [0.5, 0.6) is 0 Å². The van der Waals surface area contributed by atoms with Gasteiger partial charge in [0, 0.05) is 6.42 Å². The number of hydrogen-bond acceptors (Lipinski definition) is 4. The van der Waals surface area contributed by atoms with Crippen molar-refractivity contribution < 1.29 is 54.5 Å². The summed E-state index contributed by atoms with van der Waals surface area (Å²) in [5.74, 6) is -1.22. The summed E-state index contributed by atoms with van der Waals surface area (Å²) in [6.07, 6.45) is 16.0. The molecule has 0 aromatic heterocycles. The molecule has 0 aliphatic heterocycles. The van der Waals surface area contributed by atoms with E-state index in [0.717, 1.165) is 25.7 Å². The standard InChI is InChI=1S/C18H36O2.C3H6O3.Na/c1-17(2)15-13-11-9-7-5-3-4-6-8-10-12-14-16-18(19)20;1-2(4)3(5)6;/h17H,3-16H2,1-2H3,(H,19,20);2,4H,1H3,(H,5,6);/q;;+1/p-1. The largest absolute Gasteiger partial charge is 1.00 e. The van der Waals surface area contributed by atoms with Crippen LogP contribution in [0.4, 0.5) is 0 Å². The molecule has 6 heteroatoms. The Balaban J connectivity index is -0.000000709. The van der Waals surface area contributed by atoms with Crippen molar-refractivity contribution in [2.24, 2.45) is 5.92 Å². The summed E-state index contributed by atoms with van der Waals surface area (Å²) >= 11 is 0. The molecule has 0 amide bonds. The van der Waals surface area contributed by atoms with Crippen LogP contribution in [0, 0.1) is 5.92 Å². The number of rotatable bonds is 16. The molecule has 1 atom stereocenters. The molecule has 0 saturated carbocycles. The van der Waals surface area contributed by atoms with Gasteiger partial charge in [0.25, 0.3) is 0 Å². The molecule has 2 N–H and O–H groups in total. The molecule has 0 aromatic carbocycles. The van der Waals surface area contributed by atoms with Crippen LogP contribution in [-0.2, 0) is 9.59 Å². The van der Waals surface area contributed by atoms with E-state index in [-0.39, 0.29) is 29.6 Å². The average Bonchev–Trinajstić information content (AvgIpc) is 2.55. The molecule has 0 saturated heterocycles. The predicted molar refractivity (Wildman–Crippen MR) is 104 cm³/mol. The number of hydrogen-bond donors (Lipinski definition) is 2. The normalized spacial score (nSPS) is 11.3. The van der Waals surface area contributed by atoms with Crippen molar-refractivity contribution in [2.45, 2.75) is 117 Å². The fourth-order valence-electron chi connectivity index (χ4n) is 2.60. The van der Waals surface area contributed by atoms with Crippen molar-refractivity contribution in [3.63, 3.8) is 0 Å². The first-order valence-electron chi connectivity index (χ1n) is 10.4. The summed E-state index contributed by atoms with van der Waals surface area (Å²) in [7, 11) is 0. The van der Waals surface area contributed by atoms with Crippen LogP contribution in [0.15, 0.2) is 0 Å². The van der Waals surface area contributed by atoms with E-state index in [9.17, 15) is 14.7 Å². The molecule has 27 heavy (non-hydrogen) atoms. The molecule has 0 spiro atoms. The van der Waals surface area contributed by atoms with E-state index in [4.69, 9.17) is 10.2 Å². The van der Waals surface area contributed by atoms with Crippen LogP contribution in [-0.4, -0.2) is 28.3 Å². The minimum absolute atomic E-state index is 0. The van der Waals surface area contributed by atoms with Crippen LogP contribution in [0.25, 0.3) is 0 Å². The molecule has 0 rings (SSSR count). The zero-order valence-electron chi connectivity index (χ0n) is 18.2. The third kappa shape index (κ3) is 33.9. The fourth-order valence-corrected chi connectivity index (χ4v) is 2.60. The molecule has 0 bridgehead atoms. The van der Waals surface area contributed by atoms with Gasteiger partial charge in [0.1, 0.15) is 0 Å². The molecule has 0 radical (unpaired) electrons. The molecule has 1 unspecified atom stereocenters. The number of unbranched alkanes of at least 4 members (excludes halogenated alkanes) is 11. The second-order valence-electron chi connectivity index (χ2n) is 7.56. The summed E-state index contributed by atoms with van der Waals surface area (Å²) in [4.78, 5) is 19.7. The Labute approximate surface area is 188 Å². The first kappa shape index (κ1) is 31.6. The van der Waals surface area contributed by atoms with Crippen molar-refractivity contribution in [3.05, 3.63) is 0 Å². The van der Waals surface area contributed by atoms with E-state index in [0.29, 0.717) is 6.42 Å². The van der Waals surface area contributed by atoms with Crippen LogP contribution < -0.4 is 34.7 Å². The summed E-state index contributed by atoms with van der Waals surface area (Å²) < 4.78 is 0. The van der Waals surface area contributed by atoms with Crippen LogP contribution in [0.1, 0.15) is 111 Å². The Kier molecular flexibility index (Phi) is 28.0. The van der Waals surface area contributed by atoms with E-state index in [1.165, 1.54) is 70.6 Å². The van der Waals surface area contributed by atoms with Gasteiger partial charge in [-0.15, -0.1) is 0 Å². The maximum Gasteiger partial charge on any atom is 1.00 e. The fraction of sp³-hybridized carbons (Fsp3) is 0.905. The second kappa shape index (κ2) is 23.9. The van der Waals surface area contributed by atoms with E-state index in [2.05, 4.69) is 13.8 Å². The Bertz CT molecular complexity index is 333. The molecule has 0 aromatic rings. The number of carboxylic acids is 2. The van der Waals surface area contributed by atoms with E-state index in [1.807, 2.05) is 0 Å². The smallest absolute Gasteiger partial charge is 0.547 e. The third-order valence-electron chi connectivity index (χ3n) is 4.26. The average molecular weight is 397 g/mol. The summed E-state index contributed by atoms with van der Waals surface area (Å²) in [5, 5.41) is 25.8. The minimum atomic E-state index is -1.44. The summed E-state index contributed by atoms with van der Waals surface area (Å²) in [6, 6.07) is 0. The molecule has 0 heterocycles. The van der Waals surface area contributed by atoms with Gasteiger partial charge in [0.15, 0.2) is 0 Å². The molecular formula is C21H41NaO5. The van der Waals surface area contributed by atoms with Crippen molar-refractivity contribution in [1.82, 2.24) is 0 Å². The molecule has 0 aliphatic carbocycles. The molecular weight excluding hydrogens is 355 g/mol. The van der Waals surface area contributed by atoms with Gasteiger partial charge in [-0.1, -0.05) is 90.9 Å². The van der Waals surface area contributed by atoms with Gasteiger partial charge in [-0.25, -0.2) is 0 Å². The third-order valence-corrected chi connectivity index (χ3v) is 4.26.